The molecule has 0 aliphatic heterocycles. The number of aromatic hydroxyl groups is 4. The van der Waals surface area contributed by atoms with E-state index in [4.69, 9.17) is 0 Å². The fourth-order valence-electron chi connectivity index (χ4n) is 9.09. The maximum atomic E-state index is 11.7. The van der Waals surface area contributed by atoms with E-state index in [-0.39, 0.29) is 34.8 Å². The van der Waals surface area contributed by atoms with Crippen molar-refractivity contribution in [2.24, 2.45) is 35.5 Å². The molecular weight excluding hydrogens is 624 g/mol. The van der Waals surface area contributed by atoms with Crippen molar-refractivity contribution in [3.63, 3.8) is 0 Å². The zero-order chi connectivity index (χ0) is 37.1. The van der Waals surface area contributed by atoms with Gasteiger partial charge in [0, 0.05) is 11.1 Å². The minimum atomic E-state index is 0.0197. The number of hydrogen-bond acceptors (Lipinski definition) is 6. The van der Waals surface area contributed by atoms with Gasteiger partial charge in [-0.2, -0.15) is 0 Å². The Morgan fingerprint density at radius 3 is 1.28 bits per heavy atom. The number of phenolic OH excluding ortho intramolecular Hbond substituents is 4. The Bertz CT molecular complexity index is 1290. The summed E-state index contributed by atoms with van der Waals surface area (Å²) in [5, 5.41) is 43.1. The van der Waals surface area contributed by atoms with Gasteiger partial charge in [-0.05, 0) is 122 Å². The lowest BCUT2D eigenvalue weighted by Gasteiger charge is -2.38. The number of rotatable bonds is 14. The molecule has 0 saturated heterocycles. The Balaban J connectivity index is 0.000000270. The molecule has 2 aliphatic carbocycles. The summed E-state index contributed by atoms with van der Waals surface area (Å²) >= 11 is 0. The molecule has 0 aromatic heterocycles. The first-order valence-electron chi connectivity index (χ1n) is 19.9. The number of unbranched alkanes of at least 4 members (excludes halogenated alkanes) is 4. The smallest absolute Gasteiger partial charge is 0.154 e. The summed E-state index contributed by atoms with van der Waals surface area (Å²) in [4.78, 5) is 23.3. The molecule has 4 N–H and O–H groups in total. The summed E-state index contributed by atoms with van der Waals surface area (Å²) in [6, 6.07) is 3.45. The van der Waals surface area contributed by atoms with Crippen molar-refractivity contribution in [2.75, 3.05) is 0 Å². The van der Waals surface area contributed by atoms with E-state index >= 15 is 0 Å². The van der Waals surface area contributed by atoms with Gasteiger partial charge in [0.1, 0.15) is 23.0 Å². The quantitative estimate of drug-likeness (QED) is 0.116. The van der Waals surface area contributed by atoms with Crippen LogP contribution in [0.4, 0.5) is 0 Å². The van der Waals surface area contributed by atoms with Gasteiger partial charge in [-0.25, -0.2) is 0 Å². The molecule has 2 aromatic rings. The molecule has 2 aromatic carbocycles. The van der Waals surface area contributed by atoms with Gasteiger partial charge in [0.2, 0.25) is 0 Å². The van der Waals surface area contributed by atoms with Gasteiger partial charge < -0.3 is 20.4 Å². The zero-order valence-corrected chi connectivity index (χ0v) is 32.4. The molecule has 6 nitrogen and oxygen atoms in total. The topological polar surface area (TPSA) is 115 Å². The molecule has 4 rings (SSSR count). The average Bonchev–Trinajstić information content (AvgIpc) is 3.05. The second-order valence-corrected chi connectivity index (χ2v) is 16.5. The van der Waals surface area contributed by atoms with E-state index in [9.17, 15) is 30.0 Å². The Kier molecular flexibility index (Phi) is 16.2. The van der Waals surface area contributed by atoms with Gasteiger partial charge >= 0.3 is 0 Å². The van der Waals surface area contributed by atoms with Gasteiger partial charge in [-0.15, -0.1) is 0 Å². The average molecular weight is 693 g/mol. The lowest BCUT2D eigenvalue weighted by molar-refractivity contribution is 0.111. The second kappa shape index (κ2) is 19.6. The summed E-state index contributed by atoms with van der Waals surface area (Å²) in [5.74, 6) is 3.58. The van der Waals surface area contributed by atoms with Gasteiger partial charge in [0.25, 0.3) is 0 Å². The predicted octanol–water partition coefficient (Wildman–Crippen LogP) is 11.6. The SMILES string of the molecule is CCCCCc1cc(O)c([C@@H]2C[C@@H](C)CC[C@H]2C(C)C)c(O)c1C=O.CCCCCc1cc(O)c([C@@H]2C[C@H](C)CC[C@H]2C(C)C)c(O)c1C=O. The van der Waals surface area contributed by atoms with E-state index < -0.39 is 0 Å². The van der Waals surface area contributed by atoms with Crippen LogP contribution in [-0.2, 0) is 12.8 Å². The summed E-state index contributed by atoms with van der Waals surface area (Å²) in [7, 11) is 0. The van der Waals surface area contributed by atoms with E-state index in [1.165, 1.54) is 12.8 Å². The van der Waals surface area contributed by atoms with Gasteiger partial charge in [0.15, 0.2) is 12.6 Å². The van der Waals surface area contributed by atoms with E-state index in [0.29, 0.717) is 57.8 Å². The Morgan fingerprint density at radius 1 is 0.620 bits per heavy atom. The molecule has 0 heterocycles. The zero-order valence-electron chi connectivity index (χ0n) is 32.4. The molecule has 2 fully saturated rings. The largest absolute Gasteiger partial charge is 0.508 e. The van der Waals surface area contributed by atoms with Crippen LogP contribution in [0.3, 0.4) is 0 Å². The van der Waals surface area contributed by atoms with Crippen LogP contribution < -0.4 is 0 Å². The van der Waals surface area contributed by atoms with Crippen LogP contribution in [0.15, 0.2) is 12.1 Å². The standard InChI is InChI=1S/2C22H34O3/c2*1-5-6-7-8-16-12-20(24)21(22(25)19(16)13-23)18-11-15(4)9-10-17(18)14(2)3/h2*12-15,17-18,24-25H,5-11H2,1-4H3/t15-,17+,18-;15-,17-,18+/m10/s1. The first-order chi connectivity index (χ1) is 23.8. The maximum Gasteiger partial charge on any atom is 0.154 e. The number of aldehydes is 2. The molecule has 0 unspecified atom stereocenters. The number of benzene rings is 2. The maximum absolute atomic E-state index is 11.7. The number of phenols is 4. The van der Waals surface area contributed by atoms with Crippen molar-refractivity contribution in [1.29, 1.82) is 0 Å². The number of aryl methyl sites for hydroxylation is 2. The van der Waals surface area contributed by atoms with Crippen LogP contribution >= 0.6 is 0 Å². The molecule has 6 heteroatoms. The van der Waals surface area contributed by atoms with Crippen molar-refractivity contribution in [3.05, 3.63) is 45.5 Å². The molecule has 2 aliphatic rings. The van der Waals surface area contributed by atoms with Crippen LogP contribution in [-0.4, -0.2) is 33.0 Å². The lowest BCUT2D eigenvalue weighted by atomic mass is 9.67. The van der Waals surface area contributed by atoms with Gasteiger partial charge in [0.05, 0.1) is 11.1 Å². The molecule has 0 amide bonds. The van der Waals surface area contributed by atoms with E-state index in [2.05, 4.69) is 55.4 Å². The Labute approximate surface area is 303 Å². The summed E-state index contributed by atoms with van der Waals surface area (Å²) in [6.45, 7) is 17.6. The first-order valence-corrected chi connectivity index (χ1v) is 19.9. The second-order valence-electron chi connectivity index (χ2n) is 16.5. The fraction of sp³-hybridized carbons (Fsp3) is 0.682. The van der Waals surface area contributed by atoms with Crippen LogP contribution in [0.1, 0.15) is 187 Å². The van der Waals surface area contributed by atoms with Crippen LogP contribution in [0.5, 0.6) is 23.0 Å². The number of carbonyl (C=O) groups is 2. The molecule has 0 bridgehead atoms. The van der Waals surface area contributed by atoms with Crippen LogP contribution in [0.25, 0.3) is 0 Å². The molecular formula is C44H68O6. The normalized spacial score (nSPS) is 23.8. The third kappa shape index (κ3) is 10.1. The number of carbonyl (C=O) groups excluding carboxylic acids is 2. The van der Waals surface area contributed by atoms with Crippen molar-refractivity contribution in [3.8, 4) is 23.0 Å². The van der Waals surface area contributed by atoms with Crippen molar-refractivity contribution in [2.45, 2.75) is 157 Å². The van der Waals surface area contributed by atoms with Gasteiger partial charge in [-0.1, -0.05) is 93.9 Å². The van der Waals surface area contributed by atoms with Crippen molar-refractivity contribution >= 4 is 12.6 Å². The lowest BCUT2D eigenvalue weighted by Crippen LogP contribution is -2.26. The van der Waals surface area contributed by atoms with Crippen LogP contribution in [0, 0.1) is 35.5 Å². The summed E-state index contributed by atoms with van der Waals surface area (Å²) in [6.07, 6.45) is 15.8. The highest BCUT2D eigenvalue weighted by Gasteiger charge is 2.37. The minimum Gasteiger partial charge on any atom is -0.508 e. The van der Waals surface area contributed by atoms with Crippen molar-refractivity contribution in [1.82, 2.24) is 0 Å². The molecule has 0 spiro atoms. The van der Waals surface area contributed by atoms with E-state index in [1.54, 1.807) is 12.1 Å². The monoisotopic (exact) mass is 693 g/mol. The minimum absolute atomic E-state index is 0.0197. The van der Waals surface area contributed by atoms with Crippen LogP contribution in [0.2, 0.25) is 0 Å². The van der Waals surface area contributed by atoms with Crippen molar-refractivity contribution < 1.29 is 30.0 Å². The third-order valence-corrected chi connectivity index (χ3v) is 12.0. The molecule has 2 saturated carbocycles. The molecule has 280 valence electrons. The molecule has 0 radical (unpaired) electrons. The Hall–Kier alpha value is -3.02. The highest BCUT2D eigenvalue weighted by atomic mass is 16.3. The molecule has 50 heavy (non-hydrogen) atoms. The van der Waals surface area contributed by atoms with E-state index in [0.717, 1.165) is 101 Å². The first kappa shape index (κ1) is 41.4. The van der Waals surface area contributed by atoms with Gasteiger partial charge in [-0.3, -0.25) is 9.59 Å². The summed E-state index contributed by atoms with van der Waals surface area (Å²) in [5.41, 5.74) is 3.51. The highest BCUT2D eigenvalue weighted by molar-refractivity contribution is 5.84. The summed E-state index contributed by atoms with van der Waals surface area (Å²) < 4.78 is 0. The van der Waals surface area contributed by atoms with E-state index in [1.807, 2.05) is 0 Å². The fourth-order valence-corrected chi connectivity index (χ4v) is 9.09. The number of hydrogen-bond donors (Lipinski definition) is 4. The predicted molar refractivity (Wildman–Crippen MR) is 205 cm³/mol. The third-order valence-electron chi connectivity index (χ3n) is 12.0. The highest BCUT2D eigenvalue weighted by Crippen LogP contribution is 2.52. The molecule has 6 atom stereocenters. The Morgan fingerprint density at radius 2 is 0.980 bits per heavy atom.